The van der Waals surface area contributed by atoms with Gasteiger partial charge in [-0.1, -0.05) is 46.6 Å². The number of esters is 1. The number of ether oxygens (including phenoxy) is 1. The summed E-state index contributed by atoms with van der Waals surface area (Å²) in [5, 5.41) is 10.8. The van der Waals surface area contributed by atoms with Gasteiger partial charge < -0.3 is 9.84 Å². The van der Waals surface area contributed by atoms with Crippen molar-refractivity contribution in [3.8, 4) is 0 Å². The fraction of sp³-hybridized carbons (Fsp3) is 0.500. The van der Waals surface area contributed by atoms with Crippen LogP contribution in [0.3, 0.4) is 0 Å². The molecule has 6 heteroatoms. The molecule has 0 radical (unpaired) electrons. The lowest BCUT2D eigenvalue weighted by Gasteiger charge is -2.38. The van der Waals surface area contributed by atoms with Crippen molar-refractivity contribution >= 4 is 23.3 Å². The first-order chi connectivity index (χ1) is 15.9. The Morgan fingerprint density at radius 2 is 1.50 bits per heavy atom. The maximum Gasteiger partial charge on any atom is 0.304 e. The van der Waals surface area contributed by atoms with Crippen LogP contribution in [0.5, 0.6) is 0 Å². The molecule has 0 aromatic carbocycles. The van der Waals surface area contributed by atoms with Crippen molar-refractivity contribution in [1.82, 2.24) is 0 Å². The molecule has 2 atom stereocenters. The lowest BCUT2D eigenvalue weighted by atomic mass is 9.69. The summed E-state index contributed by atoms with van der Waals surface area (Å²) in [4.78, 5) is 52.4. The number of aliphatic hydroxyl groups is 1. The minimum absolute atomic E-state index is 0.0426. The summed E-state index contributed by atoms with van der Waals surface area (Å²) < 4.78 is 5.41. The van der Waals surface area contributed by atoms with Crippen molar-refractivity contribution in [1.29, 1.82) is 0 Å². The fourth-order valence-corrected chi connectivity index (χ4v) is 4.48. The predicted molar refractivity (Wildman–Crippen MR) is 131 cm³/mol. The molecule has 0 aromatic heterocycles. The predicted octanol–water partition coefficient (Wildman–Crippen LogP) is 5.60. The van der Waals surface area contributed by atoms with E-state index in [2.05, 4.69) is 13.0 Å². The highest BCUT2D eigenvalue weighted by atomic mass is 16.6. The molecular formula is C28H36O6. The second-order valence-corrected chi connectivity index (χ2v) is 9.63. The number of ketones is 3. The number of aliphatic hydroxyl groups excluding tert-OH is 1. The van der Waals surface area contributed by atoms with Gasteiger partial charge in [0, 0.05) is 12.8 Å². The third kappa shape index (κ3) is 6.10. The summed E-state index contributed by atoms with van der Waals surface area (Å²) in [6, 6.07) is 0. The standard InChI is InChI=1S/C28H36O6/c1-17(2)15-22-16-20(5)12-8-10-18(3)9-7-11-19(4)13-14-23-24(30)26(32)28(22,34-21(6)29)27(33)25(23)31/h9,12-13,15,22,30H,7-8,10-11,14,16H2,1-6H3/b18-9-,19-13-,20-12-/t22-,28-/m1/s1. The molecule has 34 heavy (non-hydrogen) atoms. The van der Waals surface area contributed by atoms with Gasteiger partial charge in [-0.25, -0.2) is 0 Å². The van der Waals surface area contributed by atoms with Crippen molar-refractivity contribution in [2.75, 3.05) is 0 Å². The summed E-state index contributed by atoms with van der Waals surface area (Å²) >= 11 is 0. The number of fused-ring (bicyclic) bond motifs is 11. The Morgan fingerprint density at radius 1 is 0.941 bits per heavy atom. The fourth-order valence-electron chi connectivity index (χ4n) is 4.48. The summed E-state index contributed by atoms with van der Waals surface area (Å²) in [5.41, 5.74) is 1.26. The first-order valence-corrected chi connectivity index (χ1v) is 11.8. The molecule has 1 N–H and O–H groups in total. The Balaban J connectivity index is 2.76. The topological polar surface area (TPSA) is 97.7 Å². The Labute approximate surface area is 202 Å². The molecule has 0 amide bonds. The van der Waals surface area contributed by atoms with Gasteiger partial charge in [0.1, 0.15) is 0 Å². The molecule has 3 aliphatic rings. The third-order valence-corrected chi connectivity index (χ3v) is 6.28. The zero-order valence-electron chi connectivity index (χ0n) is 21.1. The van der Waals surface area contributed by atoms with Gasteiger partial charge in [-0.15, -0.1) is 0 Å². The monoisotopic (exact) mass is 468 g/mol. The Hall–Kier alpha value is -3.02. The Kier molecular flexibility index (Phi) is 9.14. The molecule has 0 aromatic rings. The summed E-state index contributed by atoms with van der Waals surface area (Å²) in [7, 11) is 0. The van der Waals surface area contributed by atoms with E-state index in [1.807, 2.05) is 19.9 Å². The van der Waals surface area contributed by atoms with Crippen LogP contribution in [0, 0.1) is 5.92 Å². The van der Waals surface area contributed by atoms with Gasteiger partial charge in [0.15, 0.2) is 5.76 Å². The van der Waals surface area contributed by atoms with E-state index in [1.165, 1.54) is 5.57 Å². The summed E-state index contributed by atoms with van der Waals surface area (Å²) in [6.07, 6.45) is 11.1. The molecule has 0 fully saturated rings. The van der Waals surface area contributed by atoms with E-state index in [9.17, 15) is 24.3 Å². The second-order valence-electron chi connectivity index (χ2n) is 9.63. The molecule has 3 rings (SSSR count). The number of hydrogen-bond acceptors (Lipinski definition) is 6. The van der Waals surface area contributed by atoms with Gasteiger partial charge >= 0.3 is 5.97 Å². The van der Waals surface area contributed by atoms with Crippen molar-refractivity contribution in [2.24, 2.45) is 5.92 Å². The minimum Gasteiger partial charge on any atom is -0.504 e. The Morgan fingerprint density at radius 3 is 2.06 bits per heavy atom. The first kappa shape index (κ1) is 27.2. The number of allylic oxidation sites excluding steroid dienone is 8. The largest absolute Gasteiger partial charge is 0.504 e. The zero-order valence-corrected chi connectivity index (χ0v) is 21.1. The van der Waals surface area contributed by atoms with Crippen molar-refractivity contribution in [2.45, 2.75) is 85.7 Å². The molecule has 3 aliphatic carbocycles. The van der Waals surface area contributed by atoms with E-state index in [4.69, 9.17) is 4.74 Å². The first-order valence-electron chi connectivity index (χ1n) is 11.8. The molecule has 0 aliphatic heterocycles. The van der Waals surface area contributed by atoms with Gasteiger partial charge in [0.25, 0.3) is 5.78 Å². The second kappa shape index (κ2) is 11.4. The van der Waals surface area contributed by atoms with Crippen LogP contribution in [0.2, 0.25) is 0 Å². The molecule has 184 valence electrons. The van der Waals surface area contributed by atoms with Crippen LogP contribution >= 0.6 is 0 Å². The van der Waals surface area contributed by atoms with Gasteiger partial charge in [-0.3, -0.25) is 19.2 Å². The molecular weight excluding hydrogens is 432 g/mol. The number of carbonyl (C=O) groups excluding carboxylic acids is 4. The molecule has 6 nitrogen and oxygen atoms in total. The number of Topliss-reactive ketones (excluding diaryl/α,β-unsaturated/α-hetero) is 3. The van der Waals surface area contributed by atoms with Gasteiger partial charge in [-0.2, -0.15) is 0 Å². The van der Waals surface area contributed by atoms with Crippen LogP contribution in [0.1, 0.15) is 80.1 Å². The molecule has 0 saturated heterocycles. The van der Waals surface area contributed by atoms with Crippen LogP contribution in [0.4, 0.5) is 0 Å². The lowest BCUT2D eigenvalue weighted by molar-refractivity contribution is -0.177. The van der Waals surface area contributed by atoms with Crippen LogP contribution < -0.4 is 0 Å². The van der Waals surface area contributed by atoms with E-state index >= 15 is 0 Å². The quantitative estimate of drug-likeness (QED) is 0.245. The number of carbonyl (C=O) groups is 4. The smallest absolute Gasteiger partial charge is 0.304 e. The normalized spacial score (nSPS) is 29.9. The van der Waals surface area contributed by atoms with Crippen LogP contribution in [-0.4, -0.2) is 34.0 Å². The molecule has 2 bridgehead atoms. The average Bonchev–Trinajstić information content (AvgIpc) is 2.74. The van der Waals surface area contributed by atoms with Crippen LogP contribution in [-0.2, 0) is 23.9 Å². The van der Waals surface area contributed by atoms with Crippen molar-refractivity contribution < 1.29 is 29.0 Å². The molecule has 0 unspecified atom stereocenters. The van der Waals surface area contributed by atoms with Gasteiger partial charge in [0.05, 0.1) is 5.57 Å². The van der Waals surface area contributed by atoms with Gasteiger partial charge in [0.2, 0.25) is 17.2 Å². The molecule has 0 saturated carbocycles. The maximum absolute atomic E-state index is 13.6. The van der Waals surface area contributed by atoms with E-state index in [0.29, 0.717) is 0 Å². The van der Waals surface area contributed by atoms with Crippen molar-refractivity contribution in [3.05, 3.63) is 57.9 Å². The summed E-state index contributed by atoms with van der Waals surface area (Å²) in [6.45, 7) is 10.6. The van der Waals surface area contributed by atoms with E-state index < -0.39 is 40.6 Å². The van der Waals surface area contributed by atoms with E-state index in [1.54, 1.807) is 26.0 Å². The number of hydrogen-bond donors (Lipinski definition) is 1. The average molecular weight is 469 g/mol. The Bertz CT molecular complexity index is 1030. The van der Waals surface area contributed by atoms with Gasteiger partial charge in [-0.05, 0) is 73.1 Å². The summed E-state index contributed by atoms with van der Waals surface area (Å²) in [5.74, 6) is -5.74. The highest BCUT2D eigenvalue weighted by Crippen LogP contribution is 2.39. The van der Waals surface area contributed by atoms with E-state index in [0.717, 1.165) is 49.3 Å². The van der Waals surface area contributed by atoms with E-state index in [-0.39, 0.29) is 18.4 Å². The molecule has 0 spiro atoms. The molecule has 0 heterocycles. The SMILES string of the molecule is CC(=O)O[C@@]12C(=O)C(=O)C(=C(O)C1=O)C/C=C(/C)CC/C=C(/C)CC/C=C(/C)C[C@H]2C=C(C)C. The highest BCUT2D eigenvalue weighted by Gasteiger charge is 2.61. The highest BCUT2D eigenvalue weighted by molar-refractivity contribution is 6.54. The third-order valence-electron chi connectivity index (χ3n) is 6.28. The van der Waals surface area contributed by atoms with Crippen LogP contribution in [0.25, 0.3) is 0 Å². The zero-order chi connectivity index (χ0) is 25.6. The van der Waals surface area contributed by atoms with Crippen molar-refractivity contribution in [3.63, 3.8) is 0 Å². The van der Waals surface area contributed by atoms with Crippen LogP contribution in [0.15, 0.2) is 57.9 Å². The lowest BCUT2D eigenvalue weighted by Crippen LogP contribution is -2.61. The number of rotatable bonds is 2. The minimum atomic E-state index is -2.43. The maximum atomic E-state index is 13.6.